The fraction of sp³-hybridized carbons (Fsp3) is 0.0667. The van der Waals surface area contributed by atoms with E-state index in [4.69, 9.17) is 11.6 Å². The maximum atomic E-state index is 13.1. The summed E-state index contributed by atoms with van der Waals surface area (Å²) in [6.07, 6.45) is 0. The van der Waals surface area contributed by atoms with Crippen molar-refractivity contribution in [3.05, 3.63) is 67.3 Å². The second-order valence-corrected chi connectivity index (χ2v) is 6.49. The molecule has 0 N–H and O–H groups in total. The number of halogens is 4. The van der Waals surface area contributed by atoms with Crippen LogP contribution < -0.4 is 0 Å². The Morgan fingerprint density at radius 3 is 2.33 bits per heavy atom. The molecule has 2 nitrogen and oxygen atoms in total. The Labute approximate surface area is 142 Å². The van der Waals surface area contributed by atoms with E-state index < -0.39 is 17.5 Å². The van der Waals surface area contributed by atoms with E-state index >= 15 is 0 Å². The van der Waals surface area contributed by atoms with E-state index in [1.807, 2.05) is 6.07 Å². The van der Waals surface area contributed by atoms with Crippen LogP contribution in [0.2, 0.25) is 5.02 Å². The molecule has 0 aliphatic rings. The molecule has 0 amide bonds. The van der Waals surface area contributed by atoms with Crippen molar-refractivity contribution < 1.29 is 9.18 Å². The highest BCUT2D eigenvalue weighted by Gasteiger charge is 2.24. The molecule has 0 spiro atoms. The molecule has 1 unspecified atom stereocenters. The molecule has 1 atom stereocenters. The normalized spacial score (nSPS) is 11.8. The topological polar surface area (TPSA) is 40.9 Å². The predicted molar refractivity (Wildman–Crippen MR) is 85.9 cm³/mol. The first kappa shape index (κ1) is 16.2. The second-order valence-electron chi connectivity index (χ2n) is 4.25. The minimum Gasteiger partial charge on any atom is -0.292 e. The number of carbonyl (C=O) groups excluding carboxylic acids is 1. The van der Waals surface area contributed by atoms with Crippen molar-refractivity contribution in [1.82, 2.24) is 0 Å². The molecular weight excluding hydrogens is 424 g/mol. The molecule has 6 heteroatoms. The fourth-order valence-electron chi connectivity index (χ4n) is 1.87. The van der Waals surface area contributed by atoms with Gasteiger partial charge in [-0.3, -0.25) is 4.79 Å². The van der Waals surface area contributed by atoms with E-state index in [1.165, 1.54) is 12.1 Å². The van der Waals surface area contributed by atoms with Crippen LogP contribution in [0.4, 0.5) is 4.39 Å². The number of hydrogen-bond donors (Lipinski definition) is 0. The zero-order valence-corrected chi connectivity index (χ0v) is 14.3. The molecule has 106 valence electrons. The van der Waals surface area contributed by atoms with Crippen LogP contribution >= 0.6 is 43.5 Å². The van der Waals surface area contributed by atoms with Gasteiger partial charge >= 0.3 is 0 Å². The van der Waals surface area contributed by atoms with E-state index in [0.717, 1.165) is 6.07 Å². The highest BCUT2D eigenvalue weighted by Crippen LogP contribution is 2.30. The van der Waals surface area contributed by atoms with Gasteiger partial charge in [-0.25, -0.2) is 4.39 Å². The fourth-order valence-corrected chi connectivity index (χ4v) is 3.44. The van der Waals surface area contributed by atoms with Crippen LogP contribution in [0.25, 0.3) is 0 Å². The minimum atomic E-state index is -1.08. The largest absolute Gasteiger partial charge is 0.292 e. The summed E-state index contributed by atoms with van der Waals surface area (Å²) < 4.78 is 14.5. The molecule has 0 aliphatic heterocycles. The second kappa shape index (κ2) is 6.69. The van der Waals surface area contributed by atoms with Gasteiger partial charge in [0.05, 0.1) is 6.07 Å². The zero-order chi connectivity index (χ0) is 15.6. The molecule has 2 rings (SSSR count). The number of ketones is 1. The molecule has 2 aromatic rings. The summed E-state index contributed by atoms with van der Waals surface area (Å²) in [7, 11) is 0. The number of benzene rings is 2. The number of nitrogens with zero attached hydrogens (tertiary/aromatic N) is 1. The third kappa shape index (κ3) is 3.70. The standard InChI is InChI=1S/C15H7Br2ClFNO/c16-9-3-8(4-10(17)5-9)15(21)13(7-20)12-2-1-11(19)6-14(12)18/h1-6,13H. The van der Waals surface area contributed by atoms with Crippen LogP contribution in [0.5, 0.6) is 0 Å². The highest BCUT2D eigenvalue weighted by atomic mass is 79.9. The summed E-state index contributed by atoms with van der Waals surface area (Å²) in [5.74, 6) is -2.00. The predicted octanol–water partition coefficient (Wildman–Crippen LogP) is 5.49. The summed E-state index contributed by atoms with van der Waals surface area (Å²) in [5, 5.41) is 9.36. The van der Waals surface area contributed by atoms with Crippen molar-refractivity contribution in [2.45, 2.75) is 5.92 Å². The van der Waals surface area contributed by atoms with Crippen molar-refractivity contribution in [2.75, 3.05) is 0 Å². The molecule has 0 fully saturated rings. The molecule has 2 aromatic carbocycles. The molecule has 0 saturated carbocycles. The molecule has 0 saturated heterocycles. The van der Waals surface area contributed by atoms with Crippen LogP contribution in [0.15, 0.2) is 45.3 Å². The smallest absolute Gasteiger partial charge is 0.184 e. The van der Waals surface area contributed by atoms with E-state index in [9.17, 15) is 14.4 Å². The Kier molecular flexibility index (Phi) is 5.15. The Balaban J connectivity index is 2.46. The summed E-state index contributed by atoms with van der Waals surface area (Å²) in [6, 6.07) is 10.6. The number of hydrogen-bond acceptors (Lipinski definition) is 2. The molecular formula is C15H7Br2ClFNO. The lowest BCUT2D eigenvalue weighted by atomic mass is 9.92. The van der Waals surface area contributed by atoms with Gasteiger partial charge in [0.15, 0.2) is 5.78 Å². The van der Waals surface area contributed by atoms with Crippen molar-refractivity contribution in [3.8, 4) is 6.07 Å². The number of carbonyl (C=O) groups is 1. The van der Waals surface area contributed by atoms with Gasteiger partial charge in [0.25, 0.3) is 0 Å². The van der Waals surface area contributed by atoms with Gasteiger partial charge in [0.1, 0.15) is 11.7 Å². The lowest BCUT2D eigenvalue weighted by Gasteiger charge is -2.11. The molecule has 0 radical (unpaired) electrons. The van der Waals surface area contributed by atoms with Crippen LogP contribution in [0.1, 0.15) is 21.8 Å². The van der Waals surface area contributed by atoms with Gasteiger partial charge in [-0.1, -0.05) is 49.5 Å². The third-order valence-corrected chi connectivity index (χ3v) is 4.05. The lowest BCUT2D eigenvalue weighted by Crippen LogP contribution is -2.12. The number of nitriles is 1. The van der Waals surface area contributed by atoms with E-state index in [-0.39, 0.29) is 5.02 Å². The third-order valence-electron chi connectivity index (χ3n) is 2.81. The van der Waals surface area contributed by atoms with Gasteiger partial charge in [0, 0.05) is 19.5 Å². The monoisotopic (exact) mass is 429 g/mol. The van der Waals surface area contributed by atoms with Crippen LogP contribution in [-0.2, 0) is 0 Å². The van der Waals surface area contributed by atoms with Crippen molar-refractivity contribution >= 4 is 49.2 Å². The lowest BCUT2D eigenvalue weighted by molar-refractivity contribution is 0.0978. The maximum absolute atomic E-state index is 13.1. The Morgan fingerprint density at radius 1 is 1.19 bits per heavy atom. The molecule has 0 aromatic heterocycles. The van der Waals surface area contributed by atoms with Gasteiger partial charge in [-0.05, 0) is 35.9 Å². The average Bonchev–Trinajstić information content (AvgIpc) is 2.40. The summed E-state index contributed by atoms with van der Waals surface area (Å²) >= 11 is 12.5. The SMILES string of the molecule is N#CC(C(=O)c1cc(Br)cc(Br)c1)c1ccc(F)cc1Cl. The number of Topliss-reactive ketones (excluding diaryl/α,β-unsaturated/α-hetero) is 1. The van der Waals surface area contributed by atoms with Crippen LogP contribution in [-0.4, -0.2) is 5.78 Å². The Bertz CT molecular complexity index is 738. The summed E-state index contributed by atoms with van der Waals surface area (Å²) in [6.45, 7) is 0. The van der Waals surface area contributed by atoms with Crippen molar-refractivity contribution in [3.63, 3.8) is 0 Å². The molecule has 0 aliphatic carbocycles. The Hall–Kier alpha value is -1.22. The van der Waals surface area contributed by atoms with Gasteiger partial charge in [-0.2, -0.15) is 5.26 Å². The summed E-state index contributed by atoms with van der Waals surface area (Å²) in [5.41, 5.74) is 0.657. The van der Waals surface area contributed by atoms with E-state index in [1.54, 1.807) is 18.2 Å². The molecule has 0 heterocycles. The van der Waals surface area contributed by atoms with E-state index in [0.29, 0.717) is 20.1 Å². The average molecular weight is 431 g/mol. The Morgan fingerprint density at radius 2 is 1.81 bits per heavy atom. The minimum absolute atomic E-state index is 0.0592. The van der Waals surface area contributed by atoms with Crippen molar-refractivity contribution in [2.24, 2.45) is 0 Å². The number of rotatable bonds is 3. The molecule has 0 bridgehead atoms. The first-order valence-electron chi connectivity index (χ1n) is 5.77. The summed E-state index contributed by atoms with van der Waals surface area (Å²) in [4.78, 5) is 12.5. The van der Waals surface area contributed by atoms with Gasteiger partial charge < -0.3 is 0 Å². The first-order valence-corrected chi connectivity index (χ1v) is 7.73. The van der Waals surface area contributed by atoms with Gasteiger partial charge in [0.2, 0.25) is 0 Å². The maximum Gasteiger partial charge on any atom is 0.184 e. The molecule has 21 heavy (non-hydrogen) atoms. The van der Waals surface area contributed by atoms with E-state index in [2.05, 4.69) is 31.9 Å². The van der Waals surface area contributed by atoms with Gasteiger partial charge in [-0.15, -0.1) is 0 Å². The van der Waals surface area contributed by atoms with Crippen LogP contribution in [0, 0.1) is 17.1 Å². The highest BCUT2D eigenvalue weighted by molar-refractivity contribution is 9.11. The first-order chi connectivity index (χ1) is 9.92. The van der Waals surface area contributed by atoms with Crippen molar-refractivity contribution in [1.29, 1.82) is 5.26 Å². The zero-order valence-electron chi connectivity index (χ0n) is 10.4. The quantitative estimate of drug-likeness (QED) is 0.603. The van der Waals surface area contributed by atoms with Crippen LogP contribution in [0.3, 0.4) is 0 Å².